The van der Waals surface area contributed by atoms with Crippen molar-refractivity contribution in [1.82, 2.24) is 14.8 Å². The molecule has 7 heteroatoms. The fourth-order valence-corrected chi connectivity index (χ4v) is 4.79. The van der Waals surface area contributed by atoms with Crippen LogP contribution in [0.4, 0.5) is 0 Å². The highest BCUT2D eigenvalue weighted by Gasteiger charge is 2.21. The number of halogens is 2. The predicted molar refractivity (Wildman–Crippen MR) is 122 cm³/mol. The van der Waals surface area contributed by atoms with Crippen molar-refractivity contribution in [3.05, 3.63) is 80.8 Å². The van der Waals surface area contributed by atoms with Crippen molar-refractivity contribution in [2.24, 2.45) is 0 Å². The van der Waals surface area contributed by atoms with Crippen molar-refractivity contribution in [3.63, 3.8) is 0 Å². The van der Waals surface area contributed by atoms with E-state index in [4.69, 9.17) is 28.2 Å². The number of aryl methyl sites for hydroxylation is 4. The summed E-state index contributed by atoms with van der Waals surface area (Å²) in [6.07, 6.45) is 10.1. The molecule has 1 N–H and O–H groups in total. The zero-order chi connectivity index (χ0) is 21.8. The third kappa shape index (κ3) is 5.66. The van der Waals surface area contributed by atoms with Gasteiger partial charge in [-0.1, -0.05) is 29.3 Å². The Hall–Kier alpha value is -2.37. The number of carbonyl (C=O) groups is 1. The third-order valence-corrected chi connectivity index (χ3v) is 6.21. The van der Waals surface area contributed by atoms with E-state index in [2.05, 4.69) is 17.2 Å². The first-order valence-electron chi connectivity index (χ1n) is 10.7. The van der Waals surface area contributed by atoms with Crippen molar-refractivity contribution in [1.29, 1.82) is 0 Å². The van der Waals surface area contributed by atoms with E-state index in [-0.39, 0.29) is 12.3 Å². The number of fused-ring (bicyclic) bond motifs is 1. The summed E-state index contributed by atoms with van der Waals surface area (Å²) in [6, 6.07) is 9.54. The molecule has 1 unspecified atom stereocenters. The summed E-state index contributed by atoms with van der Waals surface area (Å²) in [5.41, 5.74) is 5.41. The second-order valence-electron chi connectivity index (χ2n) is 8.11. The lowest BCUT2D eigenvalue weighted by Gasteiger charge is -2.15. The molecule has 0 spiro atoms. The smallest absolute Gasteiger partial charge is 0.304 e. The topological polar surface area (TPSA) is 68.0 Å². The first kappa shape index (κ1) is 21.8. The minimum atomic E-state index is -0.882. The number of rotatable bonds is 8. The predicted octanol–water partition coefficient (Wildman–Crippen LogP) is 5.70. The highest BCUT2D eigenvalue weighted by molar-refractivity contribution is 6.34. The number of carboxylic acids is 1. The Bertz CT molecular complexity index is 1060. The van der Waals surface area contributed by atoms with Crippen LogP contribution in [0.25, 0.3) is 0 Å². The maximum Gasteiger partial charge on any atom is 0.304 e. The molecule has 4 rings (SSSR count). The summed E-state index contributed by atoms with van der Waals surface area (Å²) in [4.78, 5) is 16.3. The van der Waals surface area contributed by atoms with Crippen molar-refractivity contribution in [2.75, 3.05) is 0 Å². The summed E-state index contributed by atoms with van der Waals surface area (Å²) in [6.45, 7) is 0.745. The van der Waals surface area contributed by atoms with Crippen LogP contribution in [0, 0.1) is 0 Å². The quantitative estimate of drug-likeness (QED) is 0.470. The number of hydrogen-bond acceptors (Lipinski definition) is 3. The Labute approximate surface area is 192 Å². The van der Waals surface area contributed by atoms with Crippen LogP contribution in [-0.4, -0.2) is 25.8 Å². The van der Waals surface area contributed by atoms with Gasteiger partial charge in [-0.05, 0) is 79.5 Å². The Morgan fingerprint density at radius 1 is 1.10 bits per heavy atom. The minimum Gasteiger partial charge on any atom is -0.481 e. The second-order valence-corrected chi connectivity index (χ2v) is 8.98. The van der Waals surface area contributed by atoms with E-state index < -0.39 is 5.97 Å². The average Bonchev–Trinajstić information content (AvgIpc) is 3.19. The monoisotopic (exact) mass is 457 g/mol. The molecule has 31 heavy (non-hydrogen) atoms. The largest absolute Gasteiger partial charge is 0.481 e. The lowest BCUT2D eigenvalue weighted by atomic mass is 9.90. The molecular formula is C24H25Cl2N3O2. The van der Waals surface area contributed by atoms with Gasteiger partial charge in [-0.3, -0.25) is 14.5 Å². The van der Waals surface area contributed by atoms with Crippen LogP contribution in [0.5, 0.6) is 0 Å². The highest BCUT2D eigenvalue weighted by atomic mass is 35.5. The number of pyridine rings is 1. The number of aliphatic carboxylic acids is 1. The summed E-state index contributed by atoms with van der Waals surface area (Å²) >= 11 is 12.3. The molecule has 2 aromatic heterocycles. The van der Waals surface area contributed by atoms with Crippen LogP contribution in [0.15, 0.2) is 42.7 Å². The standard InChI is InChI=1S/C24H25Cl2N3O2/c25-19-10-17(11-20(26)12-19)22(13-24(30)31)18-14-27-29(15-18)9-3-5-21-8-7-16-4-1-2-6-23(16)28-21/h7-8,10-12,14-15,22H,1-6,9,13H2,(H,30,31). The maximum absolute atomic E-state index is 11.5. The number of hydrogen-bond donors (Lipinski definition) is 1. The van der Waals surface area contributed by atoms with E-state index in [0.717, 1.165) is 49.0 Å². The van der Waals surface area contributed by atoms with Gasteiger partial charge in [0, 0.05) is 40.1 Å². The van der Waals surface area contributed by atoms with Gasteiger partial charge in [0.25, 0.3) is 0 Å². The van der Waals surface area contributed by atoms with Gasteiger partial charge in [-0.2, -0.15) is 5.10 Å². The molecule has 0 saturated carbocycles. The van der Waals surface area contributed by atoms with Gasteiger partial charge in [0.05, 0.1) is 12.6 Å². The molecule has 5 nitrogen and oxygen atoms in total. The zero-order valence-corrected chi connectivity index (χ0v) is 18.7. The molecule has 0 amide bonds. The number of nitrogens with zero attached hydrogens (tertiary/aromatic N) is 3. The molecule has 1 aromatic carbocycles. The molecule has 0 fully saturated rings. The third-order valence-electron chi connectivity index (χ3n) is 5.78. The van der Waals surface area contributed by atoms with Crippen LogP contribution in [0.2, 0.25) is 10.0 Å². The lowest BCUT2D eigenvalue weighted by Crippen LogP contribution is -2.08. The summed E-state index contributed by atoms with van der Waals surface area (Å²) in [7, 11) is 0. The fraction of sp³-hybridized carbons (Fsp3) is 0.375. The highest BCUT2D eigenvalue weighted by Crippen LogP contribution is 2.32. The maximum atomic E-state index is 11.5. The van der Waals surface area contributed by atoms with E-state index in [1.54, 1.807) is 24.4 Å². The summed E-state index contributed by atoms with van der Waals surface area (Å²) < 4.78 is 1.87. The Morgan fingerprint density at radius 3 is 2.65 bits per heavy atom. The van der Waals surface area contributed by atoms with Gasteiger partial charge in [0.2, 0.25) is 0 Å². The first-order valence-corrected chi connectivity index (χ1v) is 11.4. The van der Waals surface area contributed by atoms with Crippen molar-refractivity contribution in [3.8, 4) is 0 Å². The Kier molecular flexibility index (Phi) is 6.93. The molecule has 0 bridgehead atoms. The molecule has 1 atom stereocenters. The first-order chi connectivity index (χ1) is 15.0. The van der Waals surface area contributed by atoms with E-state index in [1.807, 2.05) is 10.9 Å². The molecule has 3 aromatic rings. The summed E-state index contributed by atoms with van der Waals surface area (Å²) in [5, 5.41) is 14.8. The van der Waals surface area contributed by atoms with Gasteiger partial charge in [-0.25, -0.2) is 0 Å². The molecule has 0 radical (unpaired) electrons. The van der Waals surface area contributed by atoms with Crippen LogP contribution >= 0.6 is 23.2 Å². The van der Waals surface area contributed by atoms with Crippen molar-refractivity contribution < 1.29 is 9.90 Å². The van der Waals surface area contributed by atoms with Gasteiger partial charge >= 0.3 is 5.97 Å². The number of aromatic nitrogens is 3. The van der Waals surface area contributed by atoms with Gasteiger partial charge in [0.1, 0.15) is 0 Å². The average molecular weight is 458 g/mol. The van der Waals surface area contributed by atoms with E-state index >= 15 is 0 Å². The molecule has 0 aliphatic heterocycles. The van der Waals surface area contributed by atoms with Crippen LogP contribution < -0.4 is 0 Å². The molecule has 1 aliphatic carbocycles. The Morgan fingerprint density at radius 2 is 1.87 bits per heavy atom. The molecule has 0 saturated heterocycles. The minimum absolute atomic E-state index is 0.0542. The zero-order valence-electron chi connectivity index (χ0n) is 17.2. The van der Waals surface area contributed by atoms with Gasteiger partial charge < -0.3 is 5.11 Å². The van der Waals surface area contributed by atoms with Gasteiger partial charge in [-0.15, -0.1) is 0 Å². The van der Waals surface area contributed by atoms with Crippen molar-refractivity contribution in [2.45, 2.75) is 57.4 Å². The van der Waals surface area contributed by atoms with E-state index in [1.165, 1.54) is 24.1 Å². The molecule has 2 heterocycles. The fourth-order valence-electron chi connectivity index (χ4n) is 4.25. The second kappa shape index (κ2) is 9.84. The van der Waals surface area contributed by atoms with Crippen LogP contribution in [0.1, 0.15) is 59.7 Å². The van der Waals surface area contributed by atoms with Crippen LogP contribution in [-0.2, 0) is 30.6 Å². The Balaban J connectivity index is 1.42. The SMILES string of the molecule is O=C(O)CC(c1cc(Cl)cc(Cl)c1)c1cnn(CCCc2ccc3c(n2)CCCC3)c1. The molecule has 162 valence electrons. The number of carboxylic acid groups (broad SMARTS) is 1. The molecular weight excluding hydrogens is 433 g/mol. The van der Waals surface area contributed by atoms with E-state index in [9.17, 15) is 9.90 Å². The normalized spacial score (nSPS) is 14.3. The lowest BCUT2D eigenvalue weighted by molar-refractivity contribution is -0.137. The van der Waals surface area contributed by atoms with Crippen molar-refractivity contribution >= 4 is 29.2 Å². The summed E-state index contributed by atoms with van der Waals surface area (Å²) in [5.74, 6) is -1.24. The van der Waals surface area contributed by atoms with Crippen LogP contribution in [0.3, 0.4) is 0 Å². The van der Waals surface area contributed by atoms with Gasteiger partial charge in [0.15, 0.2) is 0 Å². The van der Waals surface area contributed by atoms with E-state index in [0.29, 0.717) is 10.0 Å². The number of benzene rings is 1. The molecule has 1 aliphatic rings.